The quantitative estimate of drug-likeness (QED) is 0.303. The Morgan fingerprint density at radius 3 is 2.41 bits per heavy atom. The molecule has 10 heteroatoms. The third-order valence-corrected chi connectivity index (χ3v) is 9.78. The van der Waals surface area contributed by atoms with E-state index in [1.54, 1.807) is 26.9 Å². The molecule has 4 aliphatic heterocycles. The first-order chi connectivity index (χ1) is 21.4. The lowest BCUT2D eigenvalue weighted by molar-refractivity contribution is -0.152. The summed E-state index contributed by atoms with van der Waals surface area (Å²) < 4.78 is 12.2. The molecular formula is C34H48N4O6. The van der Waals surface area contributed by atoms with Crippen molar-refractivity contribution in [3.05, 3.63) is 61.2 Å². The molecule has 1 spiro atoms. The first-order valence-corrected chi connectivity index (χ1v) is 16.1. The number of aliphatic hydroxyl groups excluding tert-OH is 1. The molecule has 2 bridgehead atoms. The highest BCUT2D eigenvalue weighted by Gasteiger charge is 2.75. The molecular weight excluding hydrogens is 560 g/mol. The third-order valence-electron chi connectivity index (χ3n) is 9.78. The number of nitrogens with zero attached hydrogens (tertiary/aromatic N) is 4. The Hall–Kier alpha value is -3.05. The van der Waals surface area contributed by atoms with Crippen LogP contribution in [0.15, 0.2) is 55.6 Å². The summed E-state index contributed by atoms with van der Waals surface area (Å²) in [6, 6.07) is 8.07. The van der Waals surface area contributed by atoms with Gasteiger partial charge in [0.05, 0.1) is 43.8 Å². The predicted molar refractivity (Wildman–Crippen MR) is 167 cm³/mol. The smallest absolute Gasteiger partial charge is 0.248 e. The van der Waals surface area contributed by atoms with Crippen LogP contribution in [0.2, 0.25) is 0 Å². The monoisotopic (exact) mass is 608 g/mol. The van der Waals surface area contributed by atoms with Gasteiger partial charge in [-0.15, -0.1) is 13.2 Å². The summed E-state index contributed by atoms with van der Waals surface area (Å²) in [4.78, 5) is 50.8. The summed E-state index contributed by atoms with van der Waals surface area (Å²) in [6.07, 6.45) is 5.25. The van der Waals surface area contributed by atoms with Crippen molar-refractivity contribution in [2.24, 2.45) is 11.8 Å². The predicted octanol–water partition coefficient (Wildman–Crippen LogP) is 1.74. The van der Waals surface area contributed by atoms with E-state index in [0.29, 0.717) is 65.2 Å². The van der Waals surface area contributed by atoms with Crippen molar-refractivity contribution in [1.29, 1.82) is 0 Å². The lowest BCUT2D eigenvalue weighted by Gasteiger charge is -2.40. The molecule has 4 aliphatic rings. The van der Waals surface area contributed by atoms with Gasteiger partial charge < -0.3 is 29.3 Å². The minimum Gasteiger partial charge on any atom is -0.394 e. The topological polar surface area (TPSA) is 103 Å². The second-order valence-corrected chi connectivity index (χ2v) is 12.4. The van der Waals surface area contributed by atoms with Crippen molar-refractivity contribution in [3.63, 3.8) is 0 Å². The van der Waals surface area contributed by atoms with Crippen LogP contribution in [-0.4, -0.2) is 132 Å². The zero-order valence-corrected chi connectivity index (χ0v) is 26.0. The number of hydrogen-bond donors (Lipinski definition) is 1. The molecule has 0 aliphatic carbocycles. The normalized spacial score (nSPS) is 28.5. The van der Waals surface area contributed by atoms with Crippen LogP contribution in [0.3, 0.4) is 0 Å². The van der Waals surface area contributed by atoms with Gasteiger partial charge in [-0.2, -0.15) is 0 Å². The van der Waals surface area contributed by atoms with Gasteiger partial charge in [-0.3, -0.25) is 19.3 Å². The molecule has 240 valence electrons. The largest absolute Gasteiger partial charge is 0.394 e. The van der Waals surface area contributed by atoms with E-state index in [1.165, 1.54) is 0 Å². The number of carbonyl (C=O) groups is 3. The fourth-order valence-corrected chi connectivity index (χ4v) is 7.82. The molecule has 6 atom stereocenters. The molecule has 44 heavy (non-hydrogen) atoms. The second kappa shape index (κ2) is 14.4. The van der Waals surface area contributed by atoms with Crippen molar-refractivity contribution in [2.75, 3.05) is 65.6 Å². The lowest BCUT2D eigenvalue weighted by Crippen LogP contribution is -2.59. The van der Waals surface area contributed by atoms with Crippen LogP contribution >= 0.6 is 0 Å². The first-order valence-electron chi connectivity index (χ1n) is 16.1. The number of hydrogen-bond acceptors (Lipinski definition) is 7. The van der Waals surface area contributed by atoms with E-state index >= 15 is 0 Å². The average Bonchev–Trinajstić information content (AvgIpc) is 3.69. The summed E-state index contributed by atoms with van der Waals surface area (Å²) in [6.45, 7) is 14.8. The minimum absolute atomic E-state index is 0.122. The highest BCUT2D eigenvalue weighted by atomic mass is 16.5. The van der Waals surface area contributed by atoms with Crippen molar-refractivity contribution < 1.29 is 29.0 Å². The van der Waals surface area contributed by atoms with Gasteiger partial charge in [0.15, 0.2) is 0 Å². The Bertz CT molecular complexity index is 1190. The Morgan fingerprint density at radius 1 is 1.09 bits per heavy atom. The summed E-state index contributed by atoms with van der Waals surface area (Å²) in [5.41, 5.74) is -0.179. The highest BCUT2D eigenvalue weighted by molar-refractivity contribution is 5.99. The van der Waals surface area contributed by atoms with Gasteiger partial charge in [0, 0.05) is 45.8 Å². The van der Waals surface area contributed by atoms with Crippen LogP contribution in [0.1, 0.15) is 31.7 Å². The van der Waals surface area contributed by atoms with E-state index in [1.807, 2.05) is 37.3 Å². The maximum absolute atomic E-state index is 14.7. The van der Waals surface area contributed by atoms with E-state index in [2.05, 4.69) is 18.1 Å². The van der Waals surface area contributed by atoms with Gasteiger partial charge in [0.2, 0.25) is 17.7 Å². The fourth-order valence-electron chi connectivity index (χ4n) is 7.82. The molecule has 4 heterocycles. The van der Waals surface area contributed by atoms with Gasteiger partial charge in [0.25, 0.3) is 0 Å². The van der Waals surface area contributed by atoms with Crippen LogP contribution in [0.4, 0.5) is 0 Å². The van der Waals surface area contributed by atoms with Crippen LogP contribution in [0, 0.1) is 11.8 Å². The molecule has 1 aromatic carbocycles. The van der Waals surface area contributed by atoms with Crippen LogP contribution in [0.25, 0.3) is 0 Å². The molecule has 5 rings (SSSR count). The average molecular weight is 609 g/mol. The number of amides is 3. The summed E-state index contributed by atoms with van der Waals surface area (Å²) in [5.74, 6) is -2.09. The van der Waals surface area contributed by atoms with Gasteiger partial charge in [-0.1, -0.05) is 49.4 Å². The van der Waals surface area contributed by atoms with Crippen molar-refractivity contribution in [2.45, 2.75) is 56.4 Å². The summed E-state index contributed by atoms with van der Waals surface area (Å²) in [5, 5.41) is 10.7. The summed E-state index contributed by atoms with van der Waals surface area (Å²) >= 11 is 0. The number of carbonyl (C=O) groups excluding carboxylic acids is 3. The van der Waals surface area contributed by atoms with Crippen LogP contribution < -0.4 is 0 Å². The van der Waals surface area contributed by atoms with Crippen molar-refractivity contribution >= 4 is 17.7 Å². The Balaban J connectivity index is 1.51. The minimum atomic E-state index is -1.13. The molecule has 4 saturated heterocycles. The SMILES string of the molecule is C=CCN(CCN1CCOCC1)C(=O)C1N([C@@H](CO)Cc2ccccc2)C(=O)[C@@H]2[C@@H](C(=O)N(CC=C)CCC)[C@H]3CCC12O3. The van der Waals surface area contributed by atoms with E-state index in [9.17, 15) is 19.5 Å². The number of fused-ring (bicyclic) bond motifs is 1. The fraction of sp³-hybridized carbons (Fsp3) is 0.618. The van der Waals surface area contributed by atoms with Crippen molar-refractivity contribution in [3.8, 4) is 0 Å². The molecule has 0 saturated carbocycles. The second-order valence-electron chi connectivity index (χ2n) is 12.4. The number of morpholine rings is 1. The van der Waals surface area contributed by atoms with Gasteiger partial charge >= 0.3 is 0 Å². The number of likely N-dealkylation sites (tertiary alicyclic amines) is 1. The maximum atomic E-state index is 14.7. The van der Waals surface area contributed by atoms with E-state index in [-0.39, 0.29) is 24.3 Å². The Morgan fingerprint density at radius 2 is 1.77 bits per heavy atom. The summed E-state index contributed by atoms with van der Waals surface area (Å²) in [7, 11) is 0. The molecule has 10 nitrogen and oxygen atoms in total. The van der Waals surface area contributed by atoms with Gasteiger partial charge in [-0.25, -0.2) is 0 Å². The number of benzene rings is 1. The van der Waals surface area contributed by atoms with Crippen LogP contribution in [-0.2, 0) is 30.3 Å². The molecule has 3 amide bonds. The standard InChI is InChI=1S/C34H48N4O6/c1-4-14-36(15-5-2)31(40)28-27-12-13-34(44-27)29(28)32(41)38(26(24-39)23-25-10-8-7-9-11-25)30(34)33(42)37(16-6-3)18-17-35-19-21-43-22-20-35/h4,6-11,26-30,39H,1,3,5,12-24H2,2H3/t26-,27-,28+,29+,30?,34?/m1/s1. The number of aliphatic hydroxyl groups is 1. The molecule has 0 aromatic heterocycles. The lowest BCUT2D eigenvalue weighted by atomic mass is 9.70. The van der Waals surface area contributed by atoms with E-state index in [4.69, 9.17) is 9.47 Å². The zero-order valence-electron chi connectivity index (χ0n) is 26.0. The van der Waals surface area contributed by atoms with Gasteiger partial charge in [-0.05, 0) is 31.2 Å². The van der Waals surface area contributed by atoms with E-state index in [0.717, 1.165) is 25.1 Å². The molecule has 0 radical (unpaired) electrons. The zero-order chi connectivity index (χ0) is 31.3. The molecule has 4 fully saturated rings. The molecule has 1 aromatic rings. The third kappa shape index (κ3) is 6.09. The highest BCUT2D eigenvalue weighted by Crippen LogP contribution is 2.59. The van der Waals surface area contributed by atoms with Crippen LogP contribution in [0.5, 0.6) is 0 Å². The van der Waals surface area contributed by atoms with Crippen molar-refractivity contribution in [1.82, 2.24) is 19.6 Å². The number of ether oxygens (including phenoxy) is 2. The first kappa shape index (κ1) is 32.3. The van der Waals surface area contributed by atoms with Gasteiger partial charge in [0.1, 0.15) is 11.6 Å². The number of rotatable bonds is 15. The Labute approximate surface area is 261 Å². The molecule has 2 unspecified atom stereocenters. The van der Waals surface area contributed by atoms with E-state index < -0.39 is 35.6 Å². The maximum Gasteiger partial charge on any atom is 0.248 e. The molecule has 1 N–H and O–H groups in total. The Kier molecular flexibility index (Phi) is 10.6.